The second kappa shape index (κ2) is 8.23. The van der Waals surface area contributed by atoms with Crippen LogP contribution in [0.4, 0.5) is 0 Å². The Bertz CT molecular complexity index is 1240. The van der Waals surface area contributed by atoms with Crippen LogP contribution in [0.1, 0.15) is 46.8 Å². The predicted molar refractivity (Wildman–Crippen MR) is 122 cm³/mol. The van der Waals surface area contributed by atoms with Crippen molar-refractivity contribution in [3.63, 3.8) is 0 Å². The molecule has 0 unspecified atom stereocenters. The van der Waals surface area contributed by atoms with Crippen molar-refractivity contribution in [3.05, 3.63) is 76.9 Å². The highest BCUT2D eigenvalue weighted by Crippen LogP contribution is 2.33. The van der Waals surface area contributed by atoms with Gasteiger partial charge in [0, 0.05) is 22.9 Å². The molecule has 4 nitrogen and oxygen atoms in total. The third-order valence-corrected chi connectivity index (χ3v) is 5.74. The van der Waals surface area contributed by atoms with Crippen molar-refractivity contribution in [2.24, 2.45) is 5.73 Å². The molecule has 0 saturated heterocycles. The van der Waals surface area contributed by atoms with Gasteiger partial charge in [-0.05, 0) is 66.8 Å². The minimum Gasteiger partial charge on any atom is -0.496 e. The molecule has 153 valence electrons. The highest BCUT2D eigenvalue weighted by atomic mass is 16.5. The van der Waals surface area contributed by atoms with E-state index in [0.717, 1.165) is 52.4 Å². The SMILES string of the molecule is CCCCc1c[c]c2c3c(C(N)=O)cccc3n(Cc3ccc(OC)c(C)c3)c2c1. The summed E-state index contributed by atoms with van der Waals surface area (Å²) in [5, 5.41) is 1.83. The number of primary amides is 1. The molecule has 1 amide bonds. The molecule has 1 heterocycles. The van der Waals surface area contributed by atoms with Gasteiger partial charge in [0.25, 0.3) is 0 Å². The van der Waals surface area contributed by atoms with E-state index in [4.69, 9.17) is 10.5 Å². The number of methoxy groups -OCH3 is 1. The maximum atomic E-state index is 12.1. The number of nitrogens with zero attached hydrogens (tertiary/aromatic N) is 1. The number of ether oxygens (including phenoxy) is 1. The molecular weight excluding hydrogens is 372 g/mol. The molecule has 0 fully saturated rings. The summed E-state index contributed by atoms with van der Waals surface area (Å²) in [6.07, 6.45) is 3.32. The quantitative estimate of drug-likeness (QED) is 0.452. The zero-order valence-corrected chi connectivity index (χ0v) is 17.8. The molecule has 1 radical (unpaired) electrons. The van der Waals surface area contributed by atoms with E-state index in [9.17, 15) is 4.79 Å². The van der Waals surface area contributed by atoms with E-state index in [1.807, 2.05) is 12.1 Å². The van der Waals surface area contributed by atoms with Gasteiger partial charge in [-0.1, -0.05) is 37.6 Å². The van der Waals surface area contributed by atoms with Gasteiger partial charge in [-0.15, -0.1) is 0 Å². The lowest BCUT2D eigenvalue weighted by molar-refractivity contribution is 0.100. The van der Waals surface area contributed by atoms with Crippen LogP contribution in [0, 0.1) is 13.0 Å². The second-order valence-electron chi connectivity index (χ2n) is 7.83. The summed E-state index contributed by atoms with van der Waals surface area (Å²) in [5.74, 6) is 0.468. The number of carbonyl (C=O) groups is 1. The standard InChI is InChI=1S/C26H27N2O2/c1-4-5-7-18-10-12-20-23(15-18)28(16-19-11-13-24(30-3)17(2)14-19)22-9-6-8-21(25(20)22)26(27)29/h6,8-11,13-15H,4-5,7,16H2,1-3H3,(H2,27,29). The highest BCUT2D eigenvalue weighted by Gasteiger charge is 2.17. The minimum atomic E-state index is -0.414. The van der Waals surface area contributed by atoms with Gasteiger partial charge in [0.15, 0.2) is 0 Å². The molecule has 0 spiro atoms. The first-order valence-corrected chi connectivity index (χ1v) is 10.4. The first kappa shape index (κ1) is 20.0. The molecule has 1 aromatic heterocycles. The van der Waals surface area contributed by atoms with E-state index in [1.165, 1.54) is 11.1 Å². The molecule has 0 bridgehead atoms. The third kappa shape index (κ3) is 3.54. The number of benzene rings is 3. The van der Waals surface area contributed by atoms with Crippen LogP contribution in [0.3, 0.4) is 0 Å². The average molecular weight is 400 g/mol. The summed E-state index contributed by atoms with van der Waals surface area (Å²) < 4.78 is 7.68. The molecule has 0 atom stereocenters. The molecule has 2 N–H and O–H groups in total. The summed E-state index contributed by atoms with van der Waals surface area (Å²) in [6.45, 7) is 4.94. The number of amides is 1. The Labute approximate surface area is 177 Å². The number of rotatable bonds is 7. The van der Waals surface area contributed by atoms with Crippen molar-refractivity contribution in [1.82, 2.24) is 4.57 Å². The van der Waals surface area contributed by atoms with Gasteiger partial charge in [0.2, 0.25) is 5.91 Å². The van der Waals surface area contributed by atoms with E-state index in [0.29, 0.717) is 12.1 Å². The lowest BCUT2D eigenvalue weighted by Crippen LogP contribution is -2.11. The maximum Gasteiger partial charge on any atom is 0.249 e. The van der Waals surface area contributed by atoms with E-state index in [2.05, 4.69) is 54.8 Å². The summed E-state index contributed by atoms with van der Waals surface area (Å²) >= 11 is 0. The molecule has 30 heavy (non-hydrogen) atoms. The van der Waals surface area contributed by atoms with Crippen LogP contribution >= 0.6 is 0 Å². The maximum absolute atomic E-state index is 12.1. The molecule has 3 aromatic carbocycles. The van der Waals surface area contributed by atoms with Crippen molar-refractivity contribution in [3.8, 4) is 5.75 Å². The van der Waals surface area contributed by atoms with Crippen LogP contribution in [0.5, 0.6) is 5.75 Å². The number of carbonyl (C=O) groups excluding carboxylic acids is 1. The van der Waals surface area contributed by atoms with Gasteiger partial charge < -0.3 is 15.0 Å². The van der Waals surface area contributed by atoms with Gasteiger partial charge in [-0.2, -0.15) is 0 Å². The van der Waals surface area contributed by atoms with Crippen LogP contribution in [0.2, 0.25) is 0 Å². The van der Waals surface area contributed by atoms with E-state index in [1.54, 1.807) is 13.2 Å². The number of aromatic nitrogens is 1. The normalized spacial score (nSPS) is 11.3. The molecular formula is C26H27N2O2. The fourth-order valence-corrected chi connectivity index (χ4v) is 4.22. The summed E-state index contributed by atoms with van der Waals surface area (Å²) in [4.78, 5) is 12.1. The number of fused-ring (bicyclic) bond motifs is 3. The van der Waals surface area contributed by atoms with Crippen molar-refractivity contribution < 1.29 is 9.53 Å². The minimum absolute atomic E-state index is 0.414. The van der Waals surface area contributed by atoms with Gasteiger partial charge in [-0.25, -0.2) is 0 Å². The van der Waals surface area contributed by atoms with Crippen LogP contribution in [-0.2, 0) is 13.0 Å². The Kier molecular flexibility index (Phi) is 5.49. The zero-order valence-electron chi connectivity index (χ0n) is 17.8. The Morgan fingerprint density at radius 3 is 2.67 bits per heavy atom. The molecule has 0 aliphatic heterocycles. The smallest absolute Gasteiger partial charge is 0.249 e. The monoisotopic (exact) mass is 399 g/mol. The molecule has 4 aromatic rings. The van der Waals surface area contributed by atoms with Gasteiger partial charge in [-0.3, -0.25) is 4.79 Å². The van der Waals surface area contributed by atoms with Crippen molar-refractivity contribution in [2.75, 3.05) is 7.11 Å². The topological polar surface area (TPSA) is 57.2 Å². The van der Waals surface area contributed by atoms with E-state index < -0.39 is 5.91 Å². The second-order valence-corrected chi connectivity index (χ2v) is 7.83. The first-order valence-electron chi connectivity index (χ1n) is 10.4. The summed E-state index contributed by atoms with van der Waals surface area (Å²) in [5.41, 5.74) is 11.9. The molecule has 0 aliphatic rings. The van der Waals surface area contributed by atoms with Crippen molar-refractivity contribution in [1.29, 1.82) is 0 Å². The number of nitrogens with two attached hydrogens (primary N) is 1. The first-order chi connectivity index (χ1) is 14.5. The number of aryl methyl sites for hydroxylation is 2. The highest BCUT2D eigenvalue weighted by molar-refractivity contribution is 6.17. The largest absolute Gasteiger partial charge is 0.496 e. The Morgan fingerprint density at radius 2 is 1.97 bits per heavy atom. The van der Waals surface area contributed by atoms with Crippen LogP contribution in [0.15, 0.2) is 48.5 Å². The van der Waals surface area contributed by atoms with Gasteiger partial charge >= 0.3 is 0 Å². The van der Waals surface area contributed by atoms with E-state index in [-0.39, 0.29) is 0 Å². The molecule has 4 rings (SSSR count). The van der Waals surface area contributed by atoms with Gasteiger partial charge in [0.1, 0.15) is 5.75 Å². The number of unbranched alkanes of at least 4 members (excludes halogenated alkanes) is 1. The van der Waals surface area contributed by atoms with Crippen LogP contribution in [-0.4, -0.2) is 17.6 Å². The third-order valence-electron chi connectivity index (χ3n) is 5.74. The molecule has 0 saturated carbocycles. The predicted octanol–water partition coefficient (Wildman–Crippen LogP) is 5.40. The summed E-state index contributed by atoms with van der Waals surface area (Å²) in [7, 11) is 1.69. The van der Waals surface area contributed by atoms with Crippen LogP contribution in [0.25, 0.3) is 21.8 Å². The summed E-state index contributed by atoms with van der Waals surface area (Å²) in [6, 6.07) is 19.7. The van der Waals surface area contributed by atoms with E-state index >= 15 is 0 Å². The van der Waals surface area contributed by atoms with Gasteiger partial charge in [0.05, 0.1) is 18.1 Å². The van der Waals surface area contributed by atoms with Crippen molar-refractivity contribution in [2.45, 2.75) is 39.7 Å². The Balaban J connectivity index is 1.93. The fourth-order valence-electron chi connectivity index (χ4n) is 4.22. The van der Waals surface area contributed by atoms with Crippen molar-refractivity contribution >= 4 is 27.7 Å². The van der Waals surface area contributed by atoms with Crippen LogP contribution < -0.4 is 10.5 Å². The lowest BCUT2D eigenvalue weighted by atomic mass is 10.0. The zero-order chi connectivity index (χ0) is 21.3. The molecule has 4 heteroatoms. The molecule has 0 aliphatic carbocycles. The number of hydrogen-bond donors (Lipinski definition) is 1. The lowest BCUT2D eigenvalue weighted by Gasteiger charge is -2.11. The average Bonchev–Trinajstić information content (AvgIpc) is 3.05. The number of hydrogen-bond acceptors (Lipinski definition) is 2. The Hall–Kier alpha value is -3.27. The fraction of sp³-hybridized carbons (Fsp3) is 0.269. The Morgan fingerprint density at radius 1 is 1.13 bits per heavy atom.